The number of carbonyl (C=O) groups is 3. The molecular formula is C15H24I2O4. The van der Waals surface area contributed by atoms with E-state index in [1.54, 1.807) is 19.1 Å². The van der Waals surface area contributed by atoms with Crippen molar-refractivity contribution >= 4 is 55.1 Å². The third kappa shape index (κ3) is 28.5. The summed E-state index contributed by atoms with van der Waals surface area (Å²) >= 11 is 4.24. The molecule has 0 spiro atoms. The quantitative estimate of drug-likeness (QED) is 0.181. The lowest BCUT2D eigenvalue weighted by Gasteiger charge is -2.14. The number of hydrogen-bond acceptors (Lipinski definition) is 4. The van der Waals surface area contributed by atoms with Gasteiger partial charge < -0.3 is 4.74 Å². The van der Waals surface area contributed by atoms with Crippen molar-refractivity contribution in [1.82, 2.24) is 0 Å². The largest absolute Gasteiger partial charge is 0.366 e. The monoisotopic (exact) mass is 522 g/mol. The molecule has 122 valence electrons. The number of ketones is 2. The molecule has 0 saturated heterocycles. The van der Waals surface area contributed by atoms with Crippen molar-refractivity contribution in [3.05, 3.63) is 37.5 Å². The summed E-state index contributed by atoms with van der Waals surface area (Å²) in [6.45, 7) is 10.1. The first kappa shape index (κ1) is 28.8. The summed E-state index contributed by atoms with van der Waals surface area (Å²) in [5.74, 6) is -0.302. The third-order valence-corrected chi connectivity index (χ3v) is 1.70. The summed E-state index contributed by atoms with van der Waals surface area (Å²) in [4.78, 5) is 29.2. The lowest BCUT2D eigenvalue weighted by molar-refractivity contribution is -0.128. The standard InChI is InChI=1S/C7H10O2.C4H6.C3H4O2.CH4.I2/c1-6(8)7-4-2-3-5-9-7;1-3-4-2;1-3(5)2-4;;1-2/h2-3,7H,4-5H2,1H3;3-4H,1-2H2;2H,1H3;1H4;. The molecule has 0 N–H and O–H groups in total. The molecule has 1 aliphatic rings. The van der Waals surface area contributed by atoms with Crippen molar-refractivity contribution in [2.45, 2.75) is 33.8 Å². The molecule has 0 aromatic rings. The number of rotatable bonds is 3. The first-order valence-electron chi connectivity index (χ1n) is 5.60. The highest BCUT2D eigenvalue weighted by Crippen LogP contribution is 2.05. The molecule has 0 bridgehead atoms. The topological polar surface area (TPSA) is 60.4 Å². The second kappa shape index (κ2) is 24.7. The molecule has 1 heterocycles. The fourth-order valence-electron chi connectivity index (χ4n) is 0.811. The molecule has 0 amide bonds. The smallest absolute Gasteiger partial charge is 0.192 e. The van der Waals surface area contributed by atoms with Crippen LogP contribution in [0.5, 0.6) is 0 Å². The van der Waals surface area contributed by atoms with Gasteiger partial charge in [-0.3, -0.25) is 14.4 Å². The van der Waals surface area contributed by atoms with Gasteiger partial charge in [-0.15, -0.1) is 0 Å². The van der Waals surface area contributed by atoms with Crippen LogP contribution in [-0.2, 0) is 19.1 Å². The predicted octanol–water partition coefficient (Wildman–Crippen LogP) is 4.46. The Bertz CT molecular complexity index is 320. The van der Waals surface area contributed by atoms with Gasteiger partial charge in [-0.1, -0.05) is 44.9 Å². The first-order valence-corrected chi connectivity index (χ1v) is 11.9. The van der Waals surface area contributed by atoms with E-state index < -0.39 is 5.78 Å². The normalized spacial score (nSPS) is 14.0. The molecule has 0 fully saturated rings. The van der Waals surface area contributed by atoms with Crippen LogP contribution in [0.2, 0.25) is 0 Å². The average molecular weight is 522 g/mol. The second-order valence-corrected chi connectivity index (χ2v) is 3.34. The van der Waals surface area contributed by atoms with E-state index in [2.05, 4.69) is 50.4 Å². The van der Waals surface area contributed by atoms with E-state index in [9.17, 15) is 9.59 Å². The zero-order chi connectivity index (χ0) is 16.4. The van der Waals surface area contributed by atoms with Crippen LogP contribution in [0.1, 0.15) is 27.7 Å². The number of aldehydes is 1. The van der Waals surface area contributed by atoms with E-state index in [4.69, 9.17) is 9.53 Å². The number of hydrogen-bond donors (Lipinski definition) is 0. The highest BCUT2D eigenvalue weighted by molar-refractivity contribution is 15.0. The molecule has 0 aromatic carbocycles. The summed E-state index contributed by atoms with van der Waals surface area (Å²) in [5.41, 5.74) is 0. The zero-order valence-electron chi connectivity index (χ0n) is 11.7. The molecule has 21 heavy (non-hydrogen) atoms. The average Bonchev–Trinajstić information content (AvgIpc) is 2.51. The van der Waals surface area contributed by atoms with Gasteiger partial charge in [0.1, 0.15) is 6.10 Å². The summed E-state index contributed by atoms with van der Waals surface area (Å²) < 4.78 is 5.10. The maximum absolute atomic E-state index is 10.6. The Labute approximate surface area is 151 Å². The minimum atomic E-state index is -0.426. The Balaban J connectivity index is -0.000000104. The van der Waals surface area contributed by atoms with Crippen LogP contribution >= 0.6 is 37.2 Å². The molecule has 0 aromatic heterocycles. The van der Waals surface area contributed by atoms with E-state index in [1.807, 2.05) is 12.2 Å². The fraction of sp³-hybridized carbons (Fsp3) is 0.400. The van der Waals surface area contributed by atoms with Crippen molar-refractivity contribution in [2.75, 3.05) is 6.61 Å². The summed E-state index contributed by atoms with van der Waals surface area (Å²) in [6.07, 6.45) is 8.04. The van der Waals surface area contributed by atoms with Gasteiger partial charge in [-0.25, -0.2) is 0 Å². The number of carbonyl (C=O) groups excluding carboxylic acids is 3. The van der Waals surface area contributed by atoms with Crippen molar-refractivity contribution in [3.8, 4) is 0 Å². The molecular weight excluding hydrogens is 498 g/mol. The van der Waals surface area contributed by atoms with Gasteiger partial charge in [0.25, 0.3) is 0 Å². The highest BCUT2D eigenvalue weighted by Gasteiger charge is 2.13. The van der Waals surface area contributed by atoms with Crippen LogP contribution in [-0.4, -0.2) is 30.6 Å². The second-order valence-electron chi connectivity index (χ2n) is 3.34. The Morgan fingerprint density at radius 3 is 1.76 bits per heavy atom. The van der Waals surface area contributed by atoms with E-state index in [-0.39, 0.29) is 25.6 Å². The Morgan fingerprint density at radius 1 is 1.19 bits per heavy atom. The number of Topliss-reactive ketones (excluding diaryl/α,β-unsaturated/α-hetero) is 2. The molecule has 4 nitrogen and oxygen atoms in total. The van der Waals surface area contributed by atoms with Crippen molar-refractivity contribution < 1.29 is 19.1 Å². The van der Waals surface area contributed by atoms with E-state index in [0.29, 0.717) is 6.61 Å². The first-order chi connectivity index (χ1) is 9.49. The van der Waals surface area contributed by atoms with E-state index in [1.165, 1.54) is 6.92 Å². The van der Waals surface area contributed by atoms with Crippen LogP contribution in [0.4, 0.5) is 0 Å². The molecule has 1 rings (SSSR count). The Morgan fingerprint density at radius 2 is 1.62 bits per heavy atom. The van der Waals surface area contributed by atoms with Gasteiger partial charge in [0.2, 0.25) is 0 Å². The van der Waals surface area contributed by atoms with Gasteiger partial charge in [0.05, 0.1) is 6.61 Å². The van der Waals surface area contributed by atoms with Crippen molar-refractivity contribution in [1.29, 1.82) is 0 Å². The lowest BCUT2D eigenvalue weighted by atomic mass is 10.1. The molecule has 6 heteroatoms. The van der Waals surface area contributed by atoms with Crippen LogP contribution in [0.15, 0.2) is 37.5 Å². The van der Waals surface area contributed by atoms with Crippen LogP contribution in [0.3, 0.4) is 0 Å². The zero-order valence-corrected chi connectivity index (χ0v) is 16.0. The molecule has 0 radical (unpaired) electrons. The number of halogens is 2. The van der Waals surface area contributed by atoms with Crippen LogP contribution in [0.25, 0.3) is 0 Å². The maximum atomic E-state index is 10.6. The lowest BCUT2D eigenvalue weighted by Crippen LogP contribution is -2.23. The van der Waals surface area contributed by atoms with Crippen LogP contribution < -0.4 is 0 Å². The third-order valence-electron chi connectivity index (χ3n) is 1.70. The van der Waals surface area contributed by atoms with Gasteiger partial charge in [0.15, 0.2) is 17.9 Å². The summed E-state index contributed by atoms with van der Waals surface area (Å²) in [5, 5.41) is 0. The fourth-order valence-corrected chi connectivity index (χ4v) is 0.811. The van der Waals surface area contributed by atoms with Crippen molar-refractivity contribution in [2.24, 2.45) is 0 Å². The maximum Gasteiger partial charge on any atom is 0.192 e. The van der Waals surface area contributed by atoms with Gasteiger partial charge in [-0.2, -0.15) is 0 Å². The molecule has 1 atom stereocenters. The highest BCUT2D eigenvalue weighted by atomic mass is 128. The Hall–Kier alpha value is -0.350. The minimum absolute atomic E-state index is 0. The molecule has 0 aliphatic carbocycles. The van der Waals surface area contributed by atoms with Crippen molar-refractivity contribution in [3.63, 3.8) is 0 Å². The molecule has 1 aliphatic heterocycles. The minimum Gasteiger partial charge on any atom is -0.366 e. The van der Waals surface area contributed by atoms with E-state index >= 15 is 0 Å². The summed E-state index contributed by atoms with van der Waals surface area (Å²) in [6, 6.07) is 0. The van der Waals surface area contributed by atoms with Gasteiger partial charge >= 0.3 is 0 Å². The number of allylic oxidation sites excluding steroid dienone is 2. The van der Waals surface area contributed by atoms with E-state index in [0.717, 1.165) is 6.42 Å². The SMILES string of the molecule is C.C=CC=C.CC(=O)C1CC=CCO1.CC(=O)C=O.II. The predicted molar refractivity (Wildman–Crippen MR) is 106 cm³/mol. The summed E-state index contributed by atoms with van der Waals surface area (Å²) in [7, 11) is 0. The van der Waals surface area contributed by atoms with Gasteiger partial charge in [-0.05, 0) is 13.3 Å². The molecule has 0 saturated carbocycles. The molecule has 1 unspecified atom stereocenters. The number of ether oxygens (including phenoxy) is 1. The van der Waals surface area contributed by atoms with Gasteiger partial charge in [0, 0.05) is 44.2 Å². The Kier molecular flexibility index (Phi) is 33.8. The van der Waals surface area contributed by atoms with Crippen LogP contribution in [0, 0.1) is 0 Å².